The van der Waals surface area contributed by atoms with E-state index in [1.807, 2.05) is 11.8 Å². The Morgan fingerprint density at radius 1 is 0.971 bits per heavy atom. The van der Waals surface area contributed by atoms with Crippen LogP contribution in [0.25, 0.3) is 11.1 Å². The minimum atomic E-state index is -4.27. The van der Waals surface area contributed by atoms with Crippen LogP contribution in [0.2, 0.25) is 0 Å². The van der Waals surface area contributed by atoms with E-state index >= 15 is 0 Å². The summed E-state index contributed by atoms with van der Waals surface area (Å²) in [5, 5.41) is 5.13. The predicted molar refractivity (Wildman–Crippen MR) is 126 cm³/mol. The van der Waals surface area contributed by atoms with Gasteiger partial charge in [-0.25, -0.2) is 26.7 Å². The molecule has 2 aliphatic rings. The fraction of sp³-hybridized carbons (Fsp3) is 0.240. The van der Waals surface area contributed by atoms with Crippen molar-refractivity contribution in [3.8, 4) is 11.1 Å². The number of primary sulfonamides is 1. The Labute approximate surface area is 200 Å². The van der Waals surface area contributed by atoms with Gasteiger partial charge in [-0.3, -0.25) is 4.79 Å². The first-order chi connectivity index (χ1) is 16.5. The van der Waals surface area contributed by atoms with Gasteiger partial charge in [0.15, 0.2) is 0 Å². The number of hydrogen-bond donors (Lipinski definition) is 1. The summed E-state index contributed by atoms with van der Waals surface area (Å²) in [4.78, 5) is 16.2. The van der Waals surface area contributed by atoms with Crippen LogP contribution < -0.4 is 14.9 Å². The molecular formula is C25H22F3N3O3S. The lowest BCUT2D eigenvalue weighted by molar-refractivity contribution is -0.123. The zero-order valence-corrected chi connectivity index (χ0v) is 19.5. The Balaban J connectivity index is 1.31. The molecule has 1 amide bonds. The molecule has 5 rings (SSSR count). The van der Waals surface area contributed by atoms with Gasteiger partial charge in [0.05, 0.1) is 5.92 Å². The highest BCUT2D eigenvalue weighted by Crippen LogP contribution is 2.38. The van der Waals surface area contributed by atoms with E-state index in [4.69, 9.17) is 5.14 Å². The van der Waals surface area contributed by atoms with Crippen molar-refractivity contribution in [1.29, 1.82) is 0 Å². The van der Waals surface area contributed by atoms with Crippen LogP contribution in [0.4, 0.5) is 24.5 Å². The molecule has 3 aromatic rings. The number of benzene rings is 3. The number of amides is 1. The Bertz CT molecular complexity index is 1440. The monoisotopic (exact) mass is 501 g/mol. The molecule has 1 atom stereocenters. The topological polar surface area (TPSA) is 83.7 Å². The zero-order valence-electron chi connectivity index (χ0n) is 18.7. The second-order valence-corrected chi connectivity index (χ2v) is 10.5. The quantitative estimate of drug-likeness (QED) is 0.589. The summed E-state index contributed by atoms with van der Waals surface area (Å²) in [6.45, 7) is 2.70. The lowest BCUT2D eigenvalue weighted by Crippen LogP contribution is -2.55. The molecule has 0 radical (unpaired) electrons. The van der Waals surface area contributed by atoms with E-state index in [9.17, 15) is 26.4 Å². The van der Waals surface area contributed by atoms with Crippen molar-refractivity contribution >= 4 is 27.3 Å². The Morgan fingerprint density at radius 3 is 2.31 bits per heavy atom. The summed E-state index contributed by atoms with van der Waals surface area (Å²) >= 11 is 0. The number of carbonyl (C=O) groups excluding carboxylic acids is 1. The van der Waals surface area contributed by atoms with E-state index in [2.05, 4.69) is 0 Å². The Hall–Kier alpha value is -3.37. The Morgan fingerprint density at radius 2 is 1.66 bits per heavy atom. The van der Waals surface area contributed by atoms with Crippen LogP contribution in [0, 0.1) is 23.4 Å². The van der Waals surface area contributed by atoms with Gasteiger partial charge in [-0.1, -0.05) is 12.1 Å². The summed E-state index contributed by atoms with van der Waals surface area (Å²) in [5.41, 5.74) is 2.48. The maximum absolute atomic E-state index is 14.2. The van der Waals surface area contributed by atoms with Crippen molar-refractivity contribution in [2.24, 2.45) is 11.1 Å². The van der Waals surface area contributed by atoms with Gasteiger partial charge in [-0.15, -0.1) is 0 Å². The van der Waals surface area contributed by atoms with E-state index in [1.54, 1.807) is 24.3 Å². The molecule has 3 aromatic carbocycles. The maximum atomic E-state index is 14.2. The average Bonchev–Trinajstić information content (AvgIpc) is 3.08. The van der Waals surface area contributed by atoms with Crippen molar-refractivity contribution in [2.75, 3.05) is 22.9 Å². The molecule has 0 spiro atoms. The largest absolute Gasteiger partial charge is 0.370 e. The highest BCUT2D eigenvalue weighted by atomic mass is 32.2. The van der Waals surface area contributed by atoms with Crippen LogP contribution in [0.1, 0.15) is 12.5 Å². The van der Waals surface area contributed by atoms with Crippen LogP contribution in [0.3, 0.4) is 0 Å². The van der Waals surface area contributed by atoms with Crippen molar-refractivity contribution in [3.63, 3.8) is 0 Å². The zero-order chi connectivity index (χ0) is 25.1. The molecular weight excluding hydrogens is 479 g/mol. The molecule has 182 valence electrons. The van der Waals surface area contributed by atoms with Crippen LogP contribution in [-0.2, 0) is 21.2 Å². The molecule has 1 fully saturated rings. The Kier molecular flexibility index (Phi) is 5.60. The van der Waals surface area contributed by atoms with E-state index < -0.39 is 32.4 Å². The second kappa shape index (κ2) is 8.39. The minimum Gasteiger partial charge on any atom is -0.370 e. The number of nitrogens with two attached hydrogens (primary N) is 1. The van der Waals surface area contributed by atoms with Gasteiger partial charge in [0.1, 0.15) is 22.3 Å². The van der Waals surface area contributed by atoms with Gasteiger partial charge in [-0.2, -0.15) is 0 Å². The van der Waals surface area contributed by atoms with Gasteiger partial charge in [0.2, 0.25) is 15.9 Å². The molecule has 2 heterocycles. The number of nitrogens with zero attached hydrogens (tertiary/aromatic N) is 2. The third-order valence-electron chi connectivity index (χ3n) is 6.60. The number of carbonyl (C=O) groups is 1. The molecule has 0 aromatic heterocycles. The van der Waals surface area contributed by atoms with E-state index in [1.165, 1.54) is 4.90 Å². The molecule has 2 aliphatic heterocycles. The number of halogens is 3. The number of fused-ring (bicyclic) bond motifs is 1. The molecule has 1 saturated heterocycles. The van der Waals surface area contributed by atoms with E-state index in [-0.39, 0.29) is 23.4 Å². The highest BCUT2D eigenvalue weighted by Gasteiger charge is 2.41. The van der Waals surface area contributed by atoms with Gasteiger partial charge in [0, 0.05) is 36.1 Å². The molecule has 6 nitrogen and oxygen atoms in total. The second-order valence-electron chi connectivity index (χ2n) is 8.99. The van der Waals surface area contributed by atoms with E-state index in [0.717, 1.165) is 36.0 Å². The number of hydrogen-bond acceptors (Lipinski definition) is 4. The molecule has 0 bridgehead atoms. The summed E-state index contributed by atoms with van der Waals surface area (Å²) in [6.07, 6.45) is 0.414. The molecule has 35 heavy (non-hydrogen) atoms. The smallest absolute Gasteiger partial charge is 0.241 e. The van der Waals surface area contributed by atoms with Gasteiger partial charge >= 0.3 is 0 Å². The fourth-order valence-electron chi connectivity index (χ4n) is 4.79. The fourth-order valence-corrected chi connectivity index (χ4v) is 5.39. The number of anilines is 2. The van der Waals surface area contributed by atoms with Crippen molar-refractivity contribution in [2.45, 2.75) is 24.3 Å². The minimum absolute atomic E-state index is 0.169. The van der Waals surface area contributed by atoms with Gasteiger partial charge in [-0.05, 0) is 66.9 Å². The number of rotatable bonds is 4. The van der Waals surface area contributed by atoms with Gasteiger partial charge < -0.3 is 9.80 Å². The first-order valence-corrected chi connectivity index (χ1v) is 12.6. The van der Waals surface area contributed by atoms with Crippen LogP contribution in [-0.4, -0.2) is 33.5 Å². The van der Waals surface area contributed by atoms with Crippen LogP contribution in [0.5, 0.6) is 0 Å². The predicted octanol–water partition coefficient (Wildman–Crippen LogP) is 3.83. The van der Waals surface area contributed by atoms with Crippen molar-refractivity contribution < 1.29 is 26.4 Å². The van der Waals surface area contributed by atoms with E-state index in [0.29, 0.717) is 36.3 Å². The summed E-state index contributed by atoms with van der Waals surface area (Å²) in [6, 6.07) is 12.3. The van der Waals surface area contributed by atoms with Gasteiger partial charge in [0.25, 0.3) is 0 Å². The molecule has 2 N–H and O–H groups in total. The normalized spacial score (nSPS) is 17.9. The summed E-state index contributed by atoms with van der Waals surface area (Å²) in [7, 11) is -4.27. The summed E-state index contributed by atoms with van der Waals surface area (Å²) < 4.78 is 65.3. The highest BCUT2D eigenvalue weighted by molar-refractivity contribution is 7.89. The lowest BCUT2D eigenvalue weighted by Gasteiger charge is -2.42. The van der Waals surface area contributed by atoms with Crippen molar-refractivity contribution in [3.05, 3.63) is 77.6 Å². The molecule has 0 aliphatic carbocycles. The third-order valence-corrected chi connectivity index (χ3v) is 7.52. The first kappa shape index (κ1) is 23.4. The first-order valence-electron chi connectivity index (χ1n) is 11.0. The standard InChI is InChI=1S/C25H22F3N3O3S/c1-14-8-16-9-22(28)24(35(29,33)34)11-23(16)31(14)25(32)17-12-30(13-17)19-5-2-15(3-6-19)20-10-18(26)4-7-21(20)27/h2-7,9-11,14,17H,8,12-13H2,1H3,(H2,29,33,34)/t14-/m0/s1. The maximum Gasteiger partial charge on any atom is 0.241 e. The SMILES string of the molecule is C[C@H]1Cc2cc(F)c(S(N)(=O)=O)cc2N1C(=O)C1CN(c2ccc(-c3cc(F)ccc3F)cc2)C1. The average molecular weight is 502 g/mol. The molecule has 0 unspecified atom stereocenters. The number of sulfonamides is 1. The van der Waals surface area contributed by atoms with Crippen LogP contribution in [0.15, 0.2) is 59.5 Å². The molecule has 10 heteroatoms. The molecule has 0 saturated carbocycles. The van der Waals surface area contributed by atoms with Crippen LogP contribution >= 0.6 is 0 Å². The third kappa shape index (κ3) is 4.17. The van der Waals surface area contributed by atoms with Crippen molar-refractivity contribution in [1.82, 2.24) is 0 Å². The summed E-state index contributed by atoms with van der Waals surface area (Å²) in [5.74, 6) is -2.46. The lowest BCUT2D eigenvalue weighted by atomic mass is 9.96.